The van der Waals surface area contributed by atoms with Crippen molar-refractivity contribution in [3.8, 4) is 5.88 Å². The van der Waals surface area contributed by atoms with E-state index in [9.17, 15) is 18.3 Å². The summed E-state index contributed by atoms with van der Waals surface area (Å²) in [5, 5.41) is 27.0. The van der Waals surface area contributed by atoms with Gasteiger partial charge in [-0.15, -0.1) is 5.11 Å². The van der Waals surface area contributed by atoms with Crippen molar-refractivity contribution in [2.24, 2.45) is 26.4 Å². The van der Waals surface area contributed by atoms with Crippen LogP contribution in [0.4, 0.5) is 22.7 Å². The van der Waals surface area contributed by atoms with E-state index in [-0.39, 0.29) is 28.1 Å². The van der Waals surface area contributed by atoms with Crippen LogP contribution < -0.4 is 10.3 Å². The van der Waals surface area contributed by atoms with E-state index in [2.05, 4.69) is 39.0 Å². The minimum Gasteiger partial charge on any atom is -0.493 e. The van der Waals surface area contributed by atoms with Gasteiger partial charge in [0.25, 0.3) is 5.56 Å². The van der Waals surface area contributed by atoms with Crippen molar-refractivity contribution in [2.45, 2.75) is 71.4 Å². The number of rotatable bonds is 12. The molecule has 2 N–H and O–H groups in total. The van der Waals surface area contributed by atoms with Gasteiger partial charge in [0.05, 0.1) is 22.0 Å². The molecule has 3 rings (SSSR count). The highest BCUT2D eigenvalue weighted by atomic mass is 32.2. The summed E-state index contributed by atoms with van der Waals surface area (Å²) in [5.74, 6) is 0.379. The number of aryl methyl sites for hydroxylation is 1. The van der Waals surface area contributed by atoms with Crippen molar-refractivity contribution in [1.82, 2.24) is 9.29 Å². The number of aromatic hydroxyl groups is 1. The van der Waals surface area contributed by atoms with Crippen LogP contribution in [0, 0.1) is 12.8 Å². The molecule has 11 heteroatoms. The third-order valence-electron chi connectivity index (χ3n) is 6.08. The first kappa shape index (κ1) is 29.9. The SMILES string of the molecule is CCn1c(O)c(N=Nc2ccc(N=Nc3ccc(S(=O)(=O)NC(C)CCCC(C)C)cc3)cc2)c(C)cc1=O. The van der Waals surface area contributed by atoms with Crippen LogP contribution in [0.1, 0.15) is 52.5 Å². The number of aromatic nitrogens is 1. The lowest BCUT2D eigenvalue weighted by Gasteiger charge is -2.15. The number of benzene rings is 2. The number of azo groups is 2. The molecule has 1 aromatic heterocycles. The van der Waals surface area contributed by atoms with Crippen LogP contribution >= 0.6 is 0 Å². The maximum atomic E-state index is 12.7. The second-order valence-corrected chi connectivity index (χ2v) is 11.6. The maximum absolute atomic E-state index is 12.7. The Morgan fingerprint density at radius 1 is 0.872 bits per heavy atom. The number of sulfonamides is 1. The van der Waals surface area contributed by atoms with Crippen LogP contribution in [-0.4, -0.2) is 24.1 Å². The third-order valence-corrected chi connectivity index (χ3v) is 7.69. The van der Waals surface area contributed by atoms with Crippen molar-refractivity contribution in [3.05, 3.63) is 70.5 Å². The number of nitrogens with zero attached hydrogens (tertiary/aromatic N) is 5. The molecule has 10 nitrogen and oxygen atoms in total. The van der Waals surface area contributed by atoms with Crippen LogP contribution in [0.25, 0.3) is 0 Å². The molecule has 0 fully saturated rings. The van der Waals surface area contributed by atoms with Crippen molar-refractivity contribution in [2.75, 3.05) is 0 Å². The molecule has 0 saturated carbocycles. The summed E-state index contributed by atoms with van der Waals surface area (Å²) < 4.78 is 29.3. The van der Waals surface area contributed by atoms with Gasteiger partial charge in [-0.1, -0.05) is 26.7 Å². The highest BCUT2D eigenvalue weighted by Gasteiger charge is 2.17. The summed E-state index contributed by atoms with van der Waals surface area (Å²) in [6, 6.07) is 14.3. The Kier molecular flexibility index (Phi) is 10.2. The van der Waals surface area contributed by atoms with Gasteiger partial charge in [0, 0.05) is 18.7 Å². The van der Waals surface area contributed by atoms with E-state index < -0.39 is 10.0 Å². The Labute approximate surface area is 229 Å². The highest BCUT2D eigenvalue weighted by Crippen LogP contribution is 2.31. The second kappa shape index (κ2) is 13.4. The molecule has 1 heterocycles. The Morgan fingerprint density at radius 3 is 1.90 bits per heavy atom. The normalized spacial score (nSPS) is 13.1. The van der Waals surface area contributed by atoms with Gasteiger partial charge >= 0.3 is 0 Å². The molecule has 0 aliphatic heterocycles. The second-order valence-electron chi connectivity index (χ2n) is 9.84. The Hall–Kier alpha value is -3.70. The number of nitrogens with one attached hydrogen (secondary N) is 1. The van der Waals surface area contributed by atoms with Crippen LogP contribution in [-0.2, 0) is 16.6 Å². The molecule has 3 aromatic rings. The fourth-order valence-electron chi connectivity index (χ4n) is 3.89. The van der Waals surface area contributed by atoms with Crippen molar-refractivity contribution in [3.63, 3.8) is 0 Å². The van der Waals surface area contributed by atoms with Gasteiger partial charge < -0.3 is 5.11 Å². The molecule has 0 saturated heterocycles. The standard InChI is InChI=1S/C28H36N6O4S/c1-6-34-26(35)18-20(4)27(28(34)36)32-31-23-12-10-22(11-13-23)29-30-24-14-16-25(17-15-24)39(37,38)33-21(5)9-7-8-19(2)3/h10-19,21,33,36H,6-9H2,1-5H3. The van der Waals surface area contributed by atoms with Crippen LogP contribution in [0.3, 0.4) is 0 Å². The highest BCUT2D eigenvalue weighted by molar-refractivity contribution is 7.89. The number of pyridine rings is 1. The fraction of sp³-hybridized carbons (Fsp3) is 0.393. The predicted molar refractivity (Wildman–Crippen MR) is 152 cm³/mol. The van der Waals surface area contributed by atoms with Crippen molar-refractivity contribution >= 4 is 32.8 Å². The van der Waals surface area contributed by atoms with E-state index in [1.165, 1.54) is 22.8 Å². The summed E-state index contributed by atoms with van der Waals surface area (Å²) in [5.41, 5.74) is 2.09. The predicted octanol–water partition coefficient (Wildman–Crippen LogP) is 7.21. The van der Waals surface area contributed by atoms with Gasteiger partial charge in [-0.3, -0.25) is 9.36 Å². The molecule has 0 aliphatic rings. The molecule has 0 spiro atoms. The molecule has 1 unspecified atom stereocenters. The monoisotopic (exact) mass is 552 g/mol. The van der Waals surface area contributed by atoms with Crippen LogP contribution in [0.15, 0.2) is 84.7 Å². The summed E-state index contributed by atoms with van der Waals surface area (Å²) in [6.45, 7) is 9.96. The van der Waals surface area contributed by atoms with E-state index >= 15 is 0 Å². The zero-order chi connectivity index (χ0) is 28.6. The summed E-state index contributed by atoms with van der Waals surface area (Å²) >= 11 is 0. The average Bonchev–Trinajstić information content (AvgIpc) is 2.88. The molecule has 0 bridgehead atoms. The van der Waals surface area contributed by atoms with Gasteiger partial charge in [-0.05, 0) is 87.2 Å². The lowest BCUT2D eigenvalue weighted by molar-refractivity contribution is 0.412. The molecule has 1 atom stereocenters. The van der Waals surface area contributed by atoms with E-state index in [0.29, 0.717) is 35.1 Å². The molecule has 0 aliphatic carbocycles. The largest absolute Gasteiger partial charge is 0.493 e. The minimum atomic E-state index is -3.61. The maximum Gasteiger partial charge on any atom is 0.253 e. The number of hydrogen-bond acceptors (Lipinski definition) is 8. The van der Waals surface area contributed by atoms with Gasteiger partial charge in [-0.25, -0.2) is 13.1 Å². The molecule has 2 aromatic carbocycles. The van der Waals surface area contributed by atoms with Crippen LogP contribution in [0.2, 0.25) is 0 Å². The quantitative estimate of drug-likeness (QED) is 0.229. The zero-order valence-electron chi connectivity index (χ0n) is 23.0. The molecule has 208 valence electrons. The van der Waals surface area contributed by atoms with Crippen LogP contribution in [0.5, 0.6) is 5.88 Å². The van der Waals surface area contributed by atoms with Crippen molar-refractivity contribution in [1.29, 1.82) is 0 Å². The minimum absolute atomic E-state index is 0.142. The Balaban J connectivity index is 1.63. The van der Waals surface area contributed by atoms with Gasteiger partial charge in [0.1, 0.15) is 5.69 Å². The first-order valence-electron chi connectivity index (χ1n) is 13.0. The topological polar surface area (TPSA) is 138 Å². The first-order chi connectivity index (χ1) is 18.5. The Morgan fingerprint density at radius 2 is 1.38 bits per heavy atom. The Bertz CT molecular complexity index is 1480. The van der Waals surface area contributed by atoms with Gasteiger partial charge in [0.15, 0.2) is 0 Å². The first-order valence-corrected chi connectivity index (χ1v) is 14.5. The van der Waals surface area contributed by atoms with Gasteiger partial charge in [0.2, 0.25) is 15.9 Å². The average molecular weight is 553 g/mol. The van der Waals surface area contributed by atoms with E-state index in [1.54, 1.807) is 50.2 Å². The summed E-state index contributed by atoms with van der Waals surface area (Å²) in [4.78, 5) is 12.1. The lowest BCUT2D eigenvalue weighted by Crippen LogP contribution is -2.32. The van der Waals surface area contributed by atoms with E-state index in [0.717, 1.165) is 19.3 Å². The molecule has 0 amide bonds. The lowest BCUT2D eigenvalue weighted by atomic mass is 10.0. The molecular formula is C28H36N6O4S. The molecule has 39 heavy (non-hydrogen) atoms. The number of hydrogen-bond donors (Lipinski definition) is 2. The van der Waals surface area contributed by atoms with E-state index in [1.807, 2.05) is 6.92 Å². The summed E-state index contributed by atoms with van der Waals surface area (Å²) in [7, 11) is -3.61. The van der Waals surface area contributed by atoms with Gasteiger partial charge in [-0.2, -0.15) is 15.3 Å². The van der Waals surface area contributed by atoms with Crippen molar-refractivity contribution < 1.29 is 13.5 Å². The smallest absolute Gasteiger partial charge is 0.253 e. The van der Waals surface area contributed by atoms with E-state index in [4.69, 9.17) is 0 Å². The fourth-order valence-corrected chi connectivity index (χ4v) is 5.17. The zero-order valence-corrected chi connectivity index (χ0v) is 23.8. The molecule has 0 radical (unpaired) electrons. The molecular weight excluding hydrogens is 516 g/mol. The summed E-state index contributed by atoms with van der Waals surface area (Å²) in [6.07, 6.45) is 2.84. The third kappa shape index (κ3) is 8.39.